The van der Waals surface area contributed by atoms with E-state index in [-0.39, 0.29) is 28.9 Å². The molecule has 0 saturated carbocycles. The standard InChI is InChI=1S/C16H19F3N4O2/c1-3-22(9-11-5-4-6-25-11)15(24)12-8-20-23-13(16(17,18)19)7-10(2)21-14(12)23/h7-8,11H,3-6,9H2,1-2H3/t11-/m0/s1. The lowest BCUT2D eigenvalue weighted by Crippen LogP contribution is -2.37. The number of hydrogen-bond acceptors (Lipinski definition) is 4. The first kappa shape index (κ1) is 17.7. The number of ether oxygens (including phenoxy) is 1. The Morgan fingerprint density at radius 1 is 1.48 bits per heavy atom. The molecule has 1 aliphatic rings. The minimum atomic E-state index is -4.58. The molecule has 1 amide bonds. The minimum absolute atomic E-state index is 0.0360. The molecular formula is C16H19F3N4O2. The first-order valence-corrected chi connectivity index (χ1v) is 8.14. The molecule has 25 heavy (non-hydrogen) atoms. The normalized spacial score (nSPS) is 18.0. The van der Waals surface area contributed by atoms with Gasteiger partial charge in [0.1, 0.15) is 11.3 Å². The summed E-state index contributed by atoms with van der Waals surface area (Å²) in [6.45, 7) is 4.78. The SMILES string of the molecule is CCN(C[C@@H]1CCCO1)C(=O)c1cnn2c(C(F)(F)F)cc(C)nc12. The van der Waals surface area contributed by atoms with Crippen molar-refractivity contribution in [1.29, 1.82) is 0 Å². The fraction of sp³-hybridized carbons (Fsp3) is 0.562. The van der Waals surface area contributed by atoms with Crippen LogP contribution in [0.1, 0.15) is 41.5 Å². The molecule has 0 aliphatic carbocycles. The van der Waals surface area contributed by atoms with Crippen LogP contribution in [0.15, 0.2) is 12.3 Å². The average molecular weight is 356 g/mol. The van der Waals surface area contributed by atoms with Crippen molar-refractivity contribution >= 4 is 11.6 Å². The van der Waals surface area contributed by atoms with Crippen molar-refractivity contribution in [1.82, 2.24) is 19.5 Å². The van der Waals surface area contributed by atoms with Gasteiger partial charge in [-0.05, 0) is 32.8 Å². The molecule has 1 saturated heterocycles. The Bertz CT molecular complexity index is 782. The highest BCUT2D eigenvalue weighted by atomic mass is 19.4. The molecule has 3 rings (SSSR count). The minimum Gasteiger partial charge on any atom is -0.376 e. The van der Waals surface area contributed by atoms with Crippen LogP contribution < -0.4 is 0 Å². The Kier molecular flexibility index (Phi) is 4.68. The molecule has 136 valence electrons. The van der Waals surface area contributed by atoms with Gasteiger partial charge in [0.25, 0.3) is 5.91 Å². The topological polar surface area (TPSA) is 59.7 Å². The third kappa shape index (κ3) is 3.46. The first-order valence-electron chi connectivity index (χ1n) is 8.14. The zero-order chi connectivity index (χ0) is 18.2. The summed E-state index contributed by atoms with van der Waals surface area (Å²) in [6.07, 6.45) is -1.65. The van der Waals surface area contributed by atoms with E-state index in [9.17, 15) is 18.0 Å². The molecule has 0 aromatic carbocycles. The number of nitrogens with zero attached hydrogens (tertiary/aromatic N) is 4. The molecule has 0 spiro atoms. The van der Waals surface area contributed by atoms with Gasteiger partial charge in [0, 0.05) is 25.4 Å². The molecule has 3 heterocycles. The Morgan fingerprint density at radius 2 is 2.24 bits per heavy atom. The Morgan fingerprint density at radius 3 is 2.84 bits per heavy atom. The highest BCUT2D eigenvalue weighted by Gasteiger charge is 2.36. The Labute approximate surface area is 142 Å². The van der Waals surface area contributed by atoms with Gasteiger partial charge >= 0.3 is 6.18 Å². The maximum atomic E-state index is 13.2. The van der Waals surface area contributed by atoms with Crippen molar-refractivity contribution < 1.29 is 22.7 Å². The smallest absolute Gasteiger partial charge is 0.376 e. The number of aromatic nitrogens is 3. The average Bonchev–Trinajstić information content (AvgIpc) is 3.19. The number of carbonyl (C=O) groups excluding carboxylic acids is 1. The van der Waals surface area contributed by atoms with Crippen LogP contribution in [0.3, 0.4) is 0 Å². The number of fused-ring (bicyclic) bond motifs is 1. The third-order valence-corrected chi connectivity index (χ3v) is 4.24. The second-order valence-corrected chi connectivity index (χ2v) is 6.05. The quantitative estimate of drug-likeness (QED) is 0.845. The summed E-state index contributed by atoms with van der Waals surface area (Å²) in [5.41, 5.74) is -0.787. The zero-order valence-corrected chi connectivity index (χ0v) is 14.0. The maximum Gasteiger partial charge on any atom is 0.433 e. The van der Waals surface area contributed by atoms with E-state index in [1.54, 1.807) is 4.90 Å². The molecule has 0 unspecified atom stereocenters. The van der Waals surface area contributed by atoms with Gasteiger partial charge in [-0.15, -0.1) is 0 Å². The van der Waals surface area contributed by atoms with Crippen molar-refractivity contribution in [2.75, 3.05) is 19.7 Å². The summed E-state index contributed by atoms with van der Waals surface area (Å²) in [7, 11) is 0. The monoisotopic (exact) mass is 356 g/mol. The molecule has 2 aromatic rings. The fourth-order valence-corrected chi connectivity index (χ4v) is 3.00. The van der Waals surface area contributed by atoms with E-state index in [4.69, 9.17) is 4.74 Å². The van der Waals surface area contributed by atoms with Gasteiger partial charge < -0.3 is 9.64 Å². The van der Waals surface area contributed by atoms with Crippen LogP contribution in [0.5, 0.6) is 0 Å². The molecule has 0 radical (unpaired) electrons. The summed E-state index contributed by atoms with van der Waals surface area (Å²) in [6, 6.07) is 0.915. The first-order chi connectivity index (χ1) is 11.8. The van der Waals surface area contributed by atoms with E-state index in [1.807, 2.05) is 6.92 Å². The van der Waals surface area contributed by atoms with Crippen LogP contribution in [0.2, 0.25) is 0 Å². The Hall–Kier alpha value is -2.16. The van der Waals surface area contributed by atoms with E-state index >= 15 is 0 Å². The van der Waals surface area contributed by atoms with Gasteiger partial charge in [-0.2, -0.15) is 18.3 Å². The largest absolute Gasteiger partial charge is 0.433 e. The number of rotatable bonds is 4. The number of carbonyl (C=O) groups is 1. The summed E-state index contributed by atoms with van der Waals surface area (Å²) >= 11 is 0. The summed E-state index contributed by atoms with van der Waals surface area (Å²) in [4.78, 5) is 18.5. The van der Waals surface area contributed by atoms with E-state index < -0.39 is 11.9 Å². The van der Waals surface area contributed by atoms with E-state index in [0.717, 1.165) is 25.1 Å². The second kappa shape index (κ2) is 6.62. The molecular weight excluding hydrogens is 337 g/mol. The van der Waals surface area contributed by atoms with Crippen molar-refractivity contribution in [3.8, 4) is 0 Å². The van der Waals surface area contributed by atoms with Crippen molar-refractivity contribution in [2.24, 2.45) is 0 Å². The van der Waals surface area contributed by atoms with Gasteiger partial charge in [-0.25, -0.2) is 9.50 Å². The van der Waals surface area contributed by atoms with Crippen LogP contribution in [0.25, 0.3) is 5.65 Å². The molecule has 1 aliphatic heterocycles. The molecule has 6 nitrogen and oxygen atoms in total. The third-order valence-electron chi connectivity index (χ3n) is 4.24. The predicted molar refractivity (Wildman–Crippen MR) is 83.3 cm³/mol. The van der Waals surface area contributed by atoms with Crippen molar-refractivity contribution in [3.63, 3.8) is 0 Å². The number of aryl methyl sites for hydroxylation is 1. The number of halogens is 3. The fourth-order valence-electron chi connectivity index (χ4n) is 3.00. The van der Waals surface area contributed by atoms with E-state index in [0.29, 0.717) is 24.2 Å². The van der Waals surface area contributed by atoms with Crippen LogP contribution >= 0.6 is 0 Å². The molecule has 1 atom stereocenters. The number of amides is 1. The molecule has 9 heteroatoms. The van der Waals surface area contributed by atoms with Crippen LogP contribution in [-0.2, 0) is 10.9 Å². The van der Waals surface area contributed by atoms with Crippen LogP contribution in [0.4, 0.5) is 13.2 Å². The lowest BCUT2D eigenvalue weighted by atomic mass is 10.2. The van der Waals surface area contributed by atoms with Crippen LogP contribution in [0, 0.1) is 6.92 Å². The van der Waals surface area contributed by atoms with E-state index in [2.05, 4.69) is 10.1 Å². The van der Waals surface area contributed by atoms with Gasteiger partial charge in [-0.3, -0.25) is 4.79 Å². The highest BCUT2D eigenvalue weighted by Crippen LogP contribution is 2.30. The lowest BCUT2D eigenvalue weighted by molar-refractivity contribution is -0.142. The lowest BCUT2D eigenvalue weighted by Gasteiger charge is -2.23. The number of likely N-dealkylation sites (N-methyl/N-ethyl adjacent to an activating group) is 1. The van der Waals surface area contributed by atoms with Gasteiger partial charge in [-0.1, -0.05) is 0 Å². The Balaban J connectivity index is 1.97. The van der Waals surface area contributed by atoms with Gasteiger partial charge in [0.2, 0.25) is 0 Å². The van der Waals surface area contributed by atoms with Gasteiger partial charge in [0.05, 0.1) is 12.3 Å². The second-order valence-electron chi connectivity index (χ2n) is 6.05. The van der Waals surface area contributed by atoms with Crippen molar-refractivity contribution in [3.05, 3.63) is 29.2 Å². The molecule has 1 fully saturated rings. The van der Waals surface area contributed by atoms with Gasteiger partial charge in [0.15, 0.2) is 5.65 Å². The summed E-state index contributed by atoms with van der Waals surface area (Å²) < 4.78 is 45.8. The zero-order valence-electron chi connectivity index (χ0n) is 14.0. The summed E-state index contributed by atoms with van der Waals surface area (Å²) in [5, 5.41) is 3.75. The summed E-state index contributed by atoms with van der Waals surface area (Å²) in [5.74, 6) is -0.390. The van der Waals surface area contributed by atoms with Crippen LogP contribution in [-0.4, -0.2) is 51.2 Å². The highest BCUT2D eigenvalue weighted by molar-refractivity contribution is 5.99. The van der Waals surface area contributed by atoms with Crippen molar-refractivity contribution in [2.45, 2.75) is 39.0 Å². The molecule has 2 aromatic heterocycles. The molecule has 0 bridgehead atoms. The maximum absolute atomic E-state index is 13.2. The predicted octanol–water partition coefficient (Wildman–Crippen LogP) is 2.70. The van der Waals surface area contributed by atoms with E-state index in [1.165, 1.54) is 6.92 Å². The number of hydrogen-bond donors (Lipinski definition) is 0. The molecule has 0 N–H and O–H groups in total. The number of alkyl halides is 3.